The lowest BCUT2D eigenvalue weighted by Crippen LogP contribution is -2.41. The predicted octanol–water partition coefficient (Wildman–Crippen LogP) is 2.38. The molecule has 0 saturated heterocycles. The number of rotatable bonds is 5. The monoisotopic (exact) mass is 236 g/mol. The summed E-state index contributed by atoms with van der Waals surface area (Å²) < 4.78 is 2.06. The van der Waals surface area contributed by atoms with E-state index in [-0.39, 0.29) is 6.04 Å². The molecule has 0 aliphatic heterocycles. The first-order valence-corrected chi connectivity index (χ1v) is 6.75. The Morgan fingerprint density at radius 2 is 2.18 bits per heavy atom. The SMILES string of the molecule is CCn1nccc1C(NN)C1(CC)CCCC1. The van der Waals surface area contributed by atoms with Crippen LogP contribution in [0.3, 0.4) is 0 Å². The van der Waals surface area contributed by atoms with Crippen LogP contribution in [0.15, 0.2) is 12.3 Å². The van der Waals surface area contributed by atoms with E-state index in [1.54, 1.807) is 0 Å². The van der Waals surface area contributed by atoms with Gasteiger partial charge in [0.2, 0.25) is 0 Å². The van der Waals surface area contributed by atoms with Crippen molar-refractivity contribution in [1.29, 1.82) is 0 Å². The summed E-state index contributed by atoms with van der Waals surface area (Å²) in [6.07, 6.45) is 8.25. The molecule has 4 nitrogen and oxygen atoms in total. The molecule has 0 amide bonds. The Morgan fingerprint density at radius 3 is 2.71 bits per heavy atom. The molecule has 1 unspecified atom stereocenters. The molecule has 3 N–H and O–H groups in total. The number of hydrogen-bond donors (Lipinski definition) is 2. The molecule has 0 radical (unpaired) electrons. The fourth-order valence-corrected chi connectivity index (χ4v) is 3.35. The molecule has 96 valence electrons. The molecule has 1 fully saturated rings. The number of nitrogens with one attached hydrogen (secondary N) is 1. The van der Waals surface area contributed by atoms with Gasteiger partial charge in [-0.1, -0.05) is 19.8 Å². The van der Waals surface area contributed by atoms with Crippen LogP contribution in [0.2, 0.25) is 0 Å². The van der Waals surface area contributed by atoms with Gasteiger partial charge < -0.3 is 0 Å². The summed E-state index contributed by atoms with van der Waals surface area (Å²) >= 11 is 0. The fourth-order valence-electron chi connectivity index (χ4n) is 3.35. The van der Waals surface area contributed by atoms with Gasteiger partial charge in [0.25, 0.3) is 0 Å². The second-order valence-corrected chi connectivity index (χ2v) is 5.09. The van der Waals surface area contributed by atoms with Crippen LogP contribution < -0.4 is 11.3 Å². The van der Waals surface area contributed by atoms with Gasteiger partial charge in [-0.3, -0.25) is 16.0 Å². The minimum Gasteiger partial charge on any atom is -0.271 e. The lowest BCUT2D eigenvalue weighted by molar-refractivity contribution is 0.179. The summed E-state index contributed by atoms with van der Waals surface area (Å²) in [4.78, 5) is 0. The van der Waals surface area contributed by atoms with Crippen LogP contribution in [0.1, 0.15) is 57.7 Å². The van der Waals surface area contributed by atoms with Gasteiger partial charge in [0.15, 0.2) is 0 Å². The zero-order chi connectivity index (χ0) is 12.3. The summed E-state index contributed by atoms with van der Waals surface area (Å²) in [6, 6.07) is 2.33. The molecule has 1 heterocycles. The first-order chi connectivity index (χ1) is 8.27. The van der Waals surface area contributed by atoms with Crippen LogP contribution in [0.4, 0.5) is 0 Å². The van der Waals surface area contributed by atoms with E-state index in [0.29, 0.717) is 5.41 Å². The normalized spacial score (nSPS) is 20.6. The van der Waals surface area contributed by atoms with Crippen molar-refractivity contribution in [2.24, 2.45) is 11.3 Å². The Morgan fingerprint density at radius 1 is 1.47 bits per heavy atom. The van der Waals surface area contributed by atoms with E-state index in [2.05, 4.69) is 35.1 Å². The van der Waals surface area contributed by atoms with Gasteiger partial charge in [-0.15, -0.1) is 0 Å². The van der Waals surface area contributed by atoms with Crippen LogP contribution in [-0.4, -0.2) is 9.78 Å². The Balaban J connectivity index is 2.32. The fraction of sp³-hybridized carbons (Fsp3) is 0.769. The quantitative estimate of drug-likeness (QED) is 0.609. The molecule has 1 aromatic heterocycles. The molecule has 0 bridgehead atoms. The van der Waals surface area contributed by atoms with E-state index in [0.717, 1.165) is 6.54 Å². The largest absolute Gasteiger partial charge is 0.271 e. The predicted molar refractivity (Wildman–Crippen MR) is 69.2 cm³/mol. The third kappa shape index (κ3) is 2.11. The van der Waals surface area contributed by atoms with Crippen LogP contribution in [0.5, 0.6) is 0 Å². The first-order valence-electron chi connectivity index (χ1n) is 6.75. The highest BCUT2D eigenvalue weighted by Crippen LogP contribution is 2.49. The number of aromatic nitrogens is 2. The maximum absolute atomic E-state index is 5.84. The van der Waals surface area contributed by atoms with Crippen molar-refractivity contribution in [1.82, 2.24) is 15.2 Å². The lowest BCUT2D eigenvalue weighted by Gasteiger charge is -2.36. The van der Waals surface area contributed by atoms with Crippen molar-refractivity contribution >= 4 is 0 Å². The zero-order valence-corrected chi connectivity index (χ0v) is 10.9. The minimum atomic E-state index is 0.234. The van der Waals surface area contributed by atoms with E-state index in [1.165, 1.54) is 37.8 Å². The number of nitrogens with two attached hydrogens (primary N) is 1. The number of hydrazine groups is 1. The van der Waals surface area contributed by atoms with Crippen molar-refractivity contribution in [3.63, 3.8) is 0 Å². The molecule has 4 heteroatoms. The first kappa shape index (κ1) is 12.6. The maximum atomic E-state index is 5.84. The molecule has 2 rings (SSSR count). The molecular weight excluding hydrogens is 212 g/mol. The van der Waals surface area contributed by atoms with E-state index in [9.17, 15) is 0 Å². The molecule has 1 atom stereocenters. The van der Waals surface area contributed by atoms with Crippen molar-refractivity contribution in [2.75, 3.05) is 0 Å². The highest BCUT2D eigenvalue weighted by molar-refractivity contribution is 5.13. The molecule has 1 aliphatic rings. The number of nitrogens with zero attached hydrogens (tertiary/aromatic N) is 2. The van der Waals surface area contributed by atoms with Crippen LogP contribution >= 0.6 is 0 Å². The Labute approximate surface area is 104 Å². The van der Waals surface area contributed by atoms with Gasteiger partial charge in [0.05, 0.1) is 11.7 Å². The van der Waals surface area contributed by atoms with Crippen molar-refractivity contribution in [3.8, 4) is 0 Å². The van der Waals surface area contributed by atoms with Gasteiger partial charge in [-0.25, -0.2) is 0 Å². The molecule has 0 aromatic carbocycles. The van der Waals surface area contributed by atoms with Crippen molar-refractivity contribution in [2.45, 2.75) is 58.5 Å². The molecule has 1 saturated carbocycles. The highest BCUT2D eigenvalue weighted by Gasteiger charge is 2.41. The third-order valence-corrected chi connectivity index (χ3v) is 4.43. The molecule has 0 spiro atoms. The van der Waals surface area contributed by atoms with Crippen LogP contribution in [0, 0.1) is 5.41 Å². The number of hydrogen-bond acceptors (Lipinski definition) is 3. The van der Waals surface area contributed by atoms with Gasteiger partial charge in [0.1, 0.15) is 0 Å². The van der Waals surface area contributed by atoms with E-state index < -0.39 is 0 Å². The van der Waals surface area contributed by atoms with Gasteiger partial charge in [0, 0.05) is 12.7 Å². The second-order valence-electron chi connectivity index (χ2n) is 5.09. The topological polar surface area (TPSA) is 55.9 Å². The summed E-state index contributed by atoms with van der Waals surface area (Å²) in [6.45, 7) is 5.31. The average Bonchev–Trinajstić information content (AvgIpc) is 2.99. The van der Waals surface area contributed by atoms with Gasteiger partial charge >= 0.3 is 0 Å². The molecule has 1 aromatic rings. The van der Waals surface area contributed by atoms with Crippen LogP contribution in [0.25, 0.3) is 0 Å². The summed E-state index contributed by atoms with van der Waals surface area (Å²) in [5.41, 5.74) is 4.61. The van der Waals surface area contributed by atoms with Crippen molar-refractivity contribution in [3.05, 3.63) is 18.0 Å². The zero-order valence-electron chi connectivity index (χ0n) is 10.9. The maximum Gasteiger partial charge on any atom is 0.0685 e. The average molecular weight is 236 g/mol. The minimum absolute atomic E-state index is 0.234. The Hall–Kier alpha value is -0.870. The summed E-state index contributed by atoms with van der Waals surface area (Å²) in [5, 5.41) is 4.36. The van der Waals surface area contributed by atoms with E-state index in [1.807, 2.05) is 6.20 Å². The molecule has 1 aliphatic carbocycles. The van der Waals surface area contributed by atoms with Gasteiger partial charge in [-0.05, 0) is 37.7 Å². The molecular formula is C13H24N4. The summed E-state index contributed by atoms with van der Waals surface area (Å²) in [5.74, 6) is 5.84. The van der Waals surface area contributed by atoms with E-state index >= 15 is 0 Å². The number of aryl methyl sites for hydroxylation is 1. The van der Waals surface area contributed by atoms with E-state index in [4.69, 9.17) is 5.84 Å². The lowest BCUT2D eigenvalue weighted by atomic mass is 9.75. The highest BCUT2D eigenvalue weighted by atomic mass is 15.3. The Bertz CT molecular complexity index is 352. The molecule has 17 heavy (non-hydrogen) atoms. The van der Waals surface area contributed by atoms with Gasteiger partial charge in [-0.2, -0.15) is 5.10 Å². The van der Waals surface area contributed by atoms with Crippen LogP contribution in [-0.2, 0) is 6.54 Å². The third-order valence-electron chi connectivity index (χ3n) is 4.43. The smallest absolute Gasteiger partial charge is 0.0685 e. The van der Waals surface area contributed by atoms with Crippen molar-refractivity contribution < 1.29 is 0 Å². The summed E-state index contributed by atoms with van der Waals surface area (Å²) in [7, 11) is 0. The standard InChI is InChI=1S/C13H24N4/c1-3-13(8-5-6-9-13)12(16-14)11-7-10-15-17(11)4-2/h7,10,12,16H,3-6,8-9,14H2,1-2H3. The second kappa shape index (κ2) is 5.19. The Kier molecular flexibility index (Phi) is 3.84.